The van der Waals surface area contributed by atoms with E-state index in [-0.39, 0.29) is 6.42 Å². The van der Waals surface area contributed by atoms with E-state index in [1.807, 2.05) is 0 Å². The topological polar surface area (TPSA) is 77.1 Å². The molecular weight excluding hydrogens is 248 g/mol. The molecule has 0 aliphatic heterocycles. The average molecular weight is 257 g/mol. The summed E-state index contributed by atoms with van der Waals surface area (Å²) >= 11 is 3.15. The van der Waals surface area contributed by atoms with Crippen molar-refractivity contribution in [2.75, 3.05) is 0 Å². The monoisotopic (exact) mass is 256 g/mol. The van der Waals surface area contributed by atoms with Crippen LogP contribution in [0.15, 0.2) is 22.9 Å². The Kier molecular flexibility index (Phi) is 4.01. The van der Waals surface area contributed by atoms with Gasteiger partial charge in [-0.1, -0.05) is 0 Å². The maximum atomic E-state index is 9.59. The van der Waals surface area contributed by atoms with Crippen molar-refractivity contribution >= 4 is 15.9 Å². The van der Waals surface area contributed by atoms with Crippen molar-refractivity contribution < 1.29 is 10.2 Å². The van der Waals surface area contributed by atoms with Crippen LogP contribution in [0.1, 0.15) is 18.1 Å². The zero-order valence-corrected chi connectivity index (χ0v) is 8.85. The number of nitrogens with zero attached hydrogens (tertiary/aromatic N) is 2. The molecule has 2 N–H and O–H groups in total. The van der Waals surface area contributed by atoms with Gasteiger partial charge in [0, 0.05) is 6.20 Å². The van der Waals surface area contributed by atoms with Gasteiger partial charge in [0.05, 0.1) is 18.6 Å². The van der Waals surface area contributed by atoms with Gasteiger partial charge in [-0.15, -0.1) is 0 Å². The fraction of sp³-hybridized carbons (Fsp3) is 0.333. The Labute approximate surface area is 90.0 Å². The number of pyridine rings is 1. The summed E-state index contributed by atoms with van der Waals surface area (Å²) in [4.78, 5) is 3.89. The normalized spacial score (nSPS) is 14.4. The highest BCUT2D eigenvalue weighted by Gasteiger charge is 2.17. The zero-order valence-electron chi connectivity index (χ0n) is 7.26. The van der Waals surface area contributed by atoms with Crippen LogP contribution in [-0.4, -0.2) is 21.3 Å². The molecule has 0 saturated carbocycles. The highest BCUT2D eigenvalue weighted by Crippen LogP contribution is 2.20. The number of rotatable bonds is 3. The van der Waals surface area contributed by atoms with Gasteiger partial charge in [0.25, 0.3) is 0 Å². The summed E-state index contributed by atoms with van der Waals surface area (Å²) in [6.45, 7) is 0. The number of hydrogen-bond donors (Lipinski definition) is 2. The first-order valence-electron chi connectivity index (χ1n) is 3.99. The molecule has 1 heterocycles. The molecular formula is C9H9BrN2O2. The Bertz CT molecular complexity index is 351. The largest absolute Gasteiger partial charge is 0.389 e. The quantitative estimate of drug-likeness (QED) is 0.796. The van der Waals surface area contributed by atoms with Crippen LogP contribution < -0.4 is 0 Å². The molecule has 0 radical (unpaired) electrons. The van der Waals surface area contributed by atoms with Crippen LogP contribution in [0.4, 0.5) is 0 Å². The van der Waals surface area contributed by atoms with Gasteiger partial charge in [-0.3, -0.25) is 0 Å². The lowest BCUT2D eigenvalue weighted by molar-refractivity contribution is 0.0215. The van der Waals surface area contributed by atoms with Crippen molar-refractivity contribution in [2.45, 2.75) is 18.6 Å². The summed E-state index contributed by atoms with van der Waals surface area (Å²) in [5.41, 5.74) is 0.537. The van der Waals surface area contributed by atoms with E-state index in [0.717, 1.165) is 0 Å². The molecule has 1 aromatic heterocycles. The zero-order chi connectivity index (χ0) is 10.6. The second-order valence-corrected chi connectivity index (χ2v) is 3.60. The second kappa shape index (κ2) is 5.05. The minimum Gasteiger partial charge on any atom is -0.389 e. The molecule has 0 amide bonds. The van der Waals surface area contributed by atoms with E-state index in [1.165, 1.54) is 6.20 Å². The third kappa shape index (κ3) is 2.77. The molecule has 0 spiro atoms. The van der Waals surface area contributed by atoms with Crippen molar-refractivity contribution in [3.05, 3.63) is 28.5 Å². The number of halogens is 1. The number of nitriles is 1. The Balaban J connectivity index is 2.79. The van der Waals surface area contributed by atoms with Crippen LogP contribution in [0.2, 0.25) is 0 Å². The smallest absolute Gasteiger partial charge is 0.106 e. The number of aliphatic hydroxyl groups is 2. The van der Waals surface area contributed by atoms with Gasteiger partial charge >= 0.3 is 0 Å². The summed E-state index contributed by atoms with van der Waals surface area (Å²) in [5, 5.41) is 27.3. The molecule has 0 aliphatic carbocycles. The minimum absolute atomic E-state index is 0.0961. The molecule has 5 heteroatoms. The summed E-state index contributed by atoms with van der Waals surface area (Å²) < 4.78 is 0.582. The van der Waals surface area contributed by atoms with Crippen LogP contribution in [0.3, 0.4) is 0 Å². The molecule has 4 nitrogen and oxygen atoms in total. The third-order valence-corrected chi connectivity index (χ3v) is 2.19. The van der Waals surface area contributed by atoms with E-state index in [1.54, 1.807) is 18.2 Å². The summed E-state index contributed by atoms with van der Waals surface area (Å²) in [5.74, 6) is 0. The fourth-order valence-corrected chi connectivity index (χ4v) is 1.41. The lowest BCUT2D eigenvalue weighted by atomic mass is 10.0. The Morgan fingerprint density at radius 1 is 1.57 bits per heavy atom. The number of aliphatic hydroxyl groups excluding tert-OH is 2. The molecule has 2 unspecified atom stereocenters. The first-order chi connectivity index (χ1) is 6.65. The first kappa shape index (κ1) is 11.1. The molecule has 0 saturated heterocycles. The predicted molar refractivity (Wildman–Crippen MR) is 53.1 cm³/mol. The lowest BCUT2D eigenvalue weighted by Crippen LogP contribution is -2.17. The summed E-state index contributed by atoms with van der Waals surface area (Å²) in [7, 11) is 0. The van der Waals surface area contributed by atoms with E-state index in [9.17, 15) is 10.2 Å². The molecule has 0 aliphatic rings. The van der Waals surface area contributed by atoms with E-state index >= 15 is 0 Å². The molecule has 1 rings (SSSR count). The standard InChI is InChI=1S/C9H9BrN2O2/c10-8-5-6(2-4-12-8)9(14)7(13)1-3-11/h2,4-5,7,9,13-14H,1H2. The van der Waals surface area contributed by atoms with Gasteiger partial charge in [-0.25, -0.2) is 4.98 Å². The van der Waals surface area contributed by atoms with E-state index in [4.69, 9.17) is 5.26 Å². The first-order valence-corrected chi connectivity index (χ1v) is 4.79. The van der Waals surface area contributed by atoms with Crippen LogP contribution in [0.25, 0.3) is 0 Å². The van der Waals surface area contributed by atoms with Crippen molar-refractivity contribution in [3.63, 3.8) is 0 Å². The molecule has 2 atom stereocenters. The van der Waals surface area contributed by atoms with Crippen molar-refractivity contribution in [1.82, 2.24) is 4.98 Å². The third-order valence-electron chi connectivity index (χ3n) is 1.76. The van der Waals surface area contributed by atoms with Crippen LogP contribution in [0.5, 0.6) is 0 Å². The van der Waals surface area contributed by atoms with E-state index < -0.39 is 12.2 Å². The SMILES string of the molecule is N#CCC(O)C(O)c1ccnc(Br)c1. The highest BCUT2D eigenvalue weighted by molar-refractivity contribution is 9.10. The molecule has 0 aromatic carbocycles. The van der Waals surface area contributed by atoms with Crippen molar-refractivity contribution in [1.29, 1.82) is 5.26 Å². The van der Waals surface area contributed by atoms with Gasteiger partial charge in [0.15, 0.2) is 0 Å². The Hall–Kier alpha value is -0.960. The molecule has 1 aromatic rings. The molecule has 0 fully saturated rings. The van der Waals surface area contributed by atoms with E-state index in [0.29, 0.717) is 10.2 Å². The summed E-state index contributed by atoms with van der Waals surface area (Å²) in [6.07, 6.45) is -0.689. The predicted octanol–water partition coefficient (Wildman–Crippen LogP) is 1.15. The number of hydrogen-bond acceptors (Lipinski definition) is 4. The average Bonchev–Trinajstić information content (AvgIpc) is 2.17. The maximum absolute atomic E-state index is 9.59. The van der Waals surface area contributed by atoms with Crippen molar-refractivity contribution in [3.8, 4) is 6.07 Å². The van der Waals surface area contributed by atoms with Gasteiger partial charge in [-0.2, -0.15) is 5.26 Å². The van der Waals surface area contributed by atoms with Crippen LogP contribution in [0, 0.1) is 11.3 Å². The van der Waals surface area contributed by atoms with Crippen molar-refractivity contribution in [2.24, 2.45) is 0 Å². The Morgan fingerprint density at radius 2 is 2.29 bits per heavy atom. The minimum atomic E-state index is -1.06. The fourth-order valence-electron chi connectivity index (χ4n) is 1.03. The number of aromatic nitrogens is 1. The van der Waals surface area contributed by atoms with Gasteiger partial charge < -0.3 is 10.2 Å². The molecule has 0 bridgehead atoms. The second-order valence-electron chi connectivity index (χ2n) is 2.79. The van der Waals surface area contributed by atoms with Gasteiger partial charge in [0.1, 0.15) is 10.7 Å². The van der Waals surface area contributed by atoms with Gasteiger partial charge in [-0.05, 0) is 33.6 Å². The molecule has 74 valence electrons. The van der Waals surface area contributed by atoms with E-state index in [2.05, 4.69) is 20.9 Å². The van der Waals surface area contributed by atoms with Gasteiger partial charge in [0.2, 0.25) is 0 Å². The highest BCUT2D eigenvalue weighted by atomic mass is 79.9. The Morgan fingerprint density at radius 3 is 2.86 bits per heavy atom. The summed E-state index contributed by atoms with van der Waals surface area (Å²) in [6, 6.07) is 4.99. The molecule has 14 heavy (non-hydrogen) atoms. The maximum Gasteiger partial charge on any atom is 0.106 e. The lowest BCUT2D eigenvalue weighted by Gasteiger charge is -2.15. The van der Waals surface area contributed by atoms with Crippen LogP contribution >= 0.6 is 15.9 Å². The van der Waals surface area contributed by atoms with Crippen LogP contribution in [-0.2, 0) is 0 Å².